The van der Waals surface area contributed by atoms with Crippen molar-refractivity contribution >= 4 is 40.2 Å². The monoisotopic (exact) mass is 380 g/mol. The lowest BCUT2D eigenvalue weighted by Crippen LogP contribution is -2.24. The lowest BCUT2D eigenvalue weighted by Gasteiger charge is -2.16. The Kier molecular flexibility index (Phi) is 7.21. The summed E-state index contributed by atoms with van der Waals surface area (Å²) in [6, 6.07) is 5.24. The number of ether oxygens (including phenoxy) is 1. The first-order valence-electron chi connectivity index (χ1n) is 7.95. The number of aromatic nitrogens is 1. The molecule has 8 heteroatoms. The molecule has 0 radical (unpaired) electrons. The molecule has 134 valence electrons. The van der Waals surface area contributed by atoms with E-state index in [2.05, 4.69) is 34.3 Å². The van der Waals surface area contributed by atoms with Gasteiger partial charge in [0.2, 0.25) is 0 Å². The van der Waals surface area contributed by atoms with E-state index in [0.29, 0.717) is 10.8 Å². The Morgan fingerprint density at radius 2 is 2.20 bits per heavy atom. The summed E-state index contributed by atoms with van der Waals surface area (Å²) in [5.74, 6) is 0.254. The van der Waals surface area contributed by atoms with Crippen LogP contribution in [-0.2, 0) is 4.79 Å². The number of nitrogens with zero attached hydrogens (tertiary/aromatic N) is 3. The summed E-state index contributed by atoms with van der Waals surface area (Å²) in [6.07, 6.45) is 3.32. The van der Waals surface area contributed by atoms with Crippen molar-refractivity contribution in [2.45, 2.75) is 20.8 Å². The van der Waals surface area contributed by atoms with Crippen molar-refractivity contribution in [2.24, 2.45) is 5.10 Å². The third kappa shape index (κ3) is 5.72. The zero-order valence-electron chi connectivity index (χ0n) is 14.5. The molecule has 0 unspecified atom stereocenters. The Labute approximate surface area is 156 Å². The van der Waals surface area contributed by atoms with Gasteiger partial charge in [0.15, 0.2) is 11.7 Å². The molecule has 0 spiro atoms. The van der Waals surface area contributed by atoms with Crippen LogP contribution < -0.4 is 15.1 Å². The van der Waals surface area contributed by atoms with Crippen molar-refractivity contribution in [1.29, 1.82) is 0 Å². The summed E-state index contributed by atoms with van der Waals surface area (Å²) in [7, 11) is 0. The van der Waals surface area contributed by atoms with Gasteiger partial charge in [-0.1, -0.05) is 22.9 Å². The van der Waals surface area contributed by atoms with Crippen LogP contribution >= 0.6 is 22.9 Å². The fourth-order valence-electron chi connectivity index (χ4n) is 2.03. The van der Waals surface area contributed by atoms with Gasteiger partial charge < -0.3 is 9.64 Å². The number of hydrogen-bond donors (Lipinski definition) is 1. The number of nitrogens with one attached hydrogen (secondary N) is 1. The molecule has 0 aliphatic rings. The summed E-state index contributed by atoms with van der Waals surface area (Å²) >= 11 is 7.47. The van der Waals surface area contributed by atoms with Crippen molar-refractivity contribution < 1.29 is 9.53 Å². The molecule has 2 aromatic rings. The number of thiazole rings is 1. The predicted octanol–water partition coefficient (Wildman–Crippen LogP) is 3.48. The number of rotatable bonds is 8. The summed E-state index contributed by atoms with van der Waals surface area (Å²) in [5.41, 5.74) is 3.33. The molecule has 1 heterocycles. The van der Waals surface area contributed by atoms with Gasteiger partial charge in [-0.3, -0.25) is 4.79 Å². The van der Waals surface area contributed by atoms with Crippen LogP contribution in [0, 0.1) is 6.92 Å². The molecule has 1 aromatic carbocycles. The van der Waals surface area contributed by atoms with Gasteiger partial charge in [0.1, 0.15) is 5.75 Å². The summed E-state index contributed by atoms with van der Waals surface area (Å²) in [6.45, 7) is 7.73. The number of anilines is 1. The predicted molar refractivity (Wildman–Crippen MR) is 103 cm³/mol. The second kappa shape index (κ2) is 9.39. The van der Waals surface area contributed by atoms with E-state index in [4.69, 9.17) is 16.3 Å². The fourth-order valence-corrected chi connectivity index (χ4v) is 3.06. The molecule has 0 atom stereocenters. The minimum Gasteiger partial charge on any atom is -0.484 e. The Hall–Kier alpha value is -2.12. The SMILES string of the molecule is CCN(CC)c1ncc(/C=N\NC(=O)COc2ccc(Cl)c(C)c2)s1. The van der Waals surface area contributed by atoms with E-state index < -0.39 is 0 Å². The molecule has 0 saturated carbocycles. The maximum Gasteiger partial charge on any atom is 0.277 e. The maximum atomic E-state index is 11.8. The first-order valence-corrected chi connectivity index (χ1v) is 9.14. The molecule has 25 heavy (non-hydrogen) atoms. The zero-order valence-corrected chi connectivity index (χ0v) is 16.0. The number of halogens is 1. The zero-order chi connectivity index (χ0) is 18.2. The Morgan fingerprint density at radius 1 is 1.44 bits per heavy atom. The molecular formula is C17H21ClN4O2S. The molecule has 0 fully saturated rings. The van der Waals surface area contributed by atoms with Crippen molar-refractivity contribution in [2.75, 3.05) is 24.6 Å². The first-order chi connectivity index (χ1) is 12.0. The average Bonchev–Trinajstić information content (AvgIpc) is 3.06. The van der Waals surface area contributed by atoms with Crippen LogP contribution in [0.5, 0.6) is 5.75 Å². The van der Waals surface area contributed by atoms with Crippen molar-refractivity contribution in [1.82, 2.24) is 10.4 Å². The highest BCUT2D eigenvalue weighted by molar-refractivity contribution is 7.17. The molecule has 1 N–H and O–H groups in total. The van der Waals surface area contributed by atoms with E-state index >= 15 is 0 Å². The Morgan fingerprint density at radius 3 is 2.88 bits per heavy atom. The molecule has 0 aliphatic carbocycles. The molecule has 0 saturated heterocycles. The van der Waals surface area contributed by atoms with Crippen LogP contribution in [-0.4, -0.2) is 36.8 Å². The summed E-state index contributed by atoms with van der Waals surface area (Å²) < 4.78 is 5.41. The van der Waals surface area contributed by atoms with E-state index in [1.54, 1.807) is 30.6 Å². The van der Waals surface area contributed by atoms with Crippen molar-refractivity contribution in [3.63, 3.8) is 0 Å². The van der Waals surface area contributed by atoms with Crippen molar-refractivity contribution in [3.8, 4) is 5.75 Å². The lowest BCUT2D eigenvalue weighted by atomic mass is 10.2. The van der Waals surface area contributed by atoms with E-state index in [1.807, 2.05) is 6.92 Å². The van der Waals surface area contributed by atoms with Gasteiger partial charge in [0, 0.05) is 24.3 Å². The third-order valence-corrected chi connectivity index (χ3v) is 4.84. The molecule has 1 amide bonds. The number of hydrogen-bond acceptors (Lipinski definition) is 6. The molecular weight excluding hydrogens is 360 g/mol. The Balaban J connectivity index is 1.81. The molecule has 2 rings (SSSR count). The summed E-state index contributed by atoms with van der Waals surface area (Å²) in [5, 5.41) is 5.54. The molecule has 0 aliphatic heterocycles. The number of carbonyl (C=O) groups excluding carboxylic acids is 1. The third-order valence-electron chi connectivity index (χ3n) is 3.43. The van der Waals surface area contributed by atoms with E-state index in [-0.39, 0.29) is 12.5 Å². The van der Waals surface area contributed by atoms with Gasteiger partial charge in [-0.05, 0) is 44.5 Å². The highest BCUT2D eigenvalue weighted by Crippen LogP contribution is 2.21. The summed E-state index contributed by atoms with van der Waals surface area (Å²) in [4.78, 5) is 19.1. The van der Waals surface area contributed by atoms with Gasteiger partial charge in [0.05, 0.1) is 11.1 Å². The van der Waals surface area contributed by atoms with Gasteiger partial charge in [0.25, 0.3) is 5.91 Å². The fraction of sp³-hybridized carbons (Fsp3) is 0.353. The Bertz CT molecular complexity index is 744. The van der Waals surface area contributed by atoms with E-state index in [0.717, 1.165) is 28.7 Å². The highest BCUT2D eigenvalue weighted by Gasteiger charge is 2.07. The molecule has 1 aromatic heterocycles. The number of amides is 1. The van der Waals surface area contributed by atoms with Crippen LogP contribution in [0.3, 0.4) is 0 Å². The number of hydrazone groups is 1. The average molecular weight is 381 g/mol. The van der Waals surface area contributed by atoms with E-state index in [1.165, 1.54) is 11.3 Å². The highest BCUT2D eigenvalue weighted by atomic mass is 35.5. The second-order valence-electron chi connectivity index (χ2n) is 5.21. The number of aryl methyl sites for hydroxylation is 1. The van der Waals surface area contributed by atoms with Crippen LogP contribution in [0.4, 0.5) is 5.13 Å². The van der Waals surface area contributed by atoms with Crippen LogP contribution in [0.2, 0.25) is 5.02 Å². The second-order valence-corrected chi connectivity index (χ2v) is 6.66. The number of carbonyl (C=O) groups is 1. The van der Waals surface area contributed by atoms with E-state index in [9.17, 15) is 4.79 Å². The van der Waals surface area contributed by atoms with Gasteiger partial charge in [-0.15, -0.1) is 0 Å². The smallest absolute Gasteiger partial charge is 0.277 e. The molecule has 0 bridgehead atoms. The standard InChI is InChI=1S/C17H21ClN4O2S/c1-4-22(5-2)17-19-9-14(25-17)10-20-21-16(23)11-24-13-6-7-15(18)12(3)8-13/h6-10H,4-5,11H2,1-3H3,(H,21,23)/b20-10-. The van der Waals surface area contributed by atoms with Crippen molar-refractivity contribution in [3.05, 3.63) is 39.9 Å². The normalized spacial score (nSPS) is 10.9. The van der Waals surface area contributed by atoms with Crippen LogP contribution in [0.25, 0.3) is 0 Å². The van der Waals surface area contributed by atoms with Crippen LogP contribution in [0.1, 0.15) is 24.3 Å². The van der Waals surface area contributed by atoms with Crippen LogP contribution in [0.15, 0.2) is 29.5 Å². The topological polar surface area (TPSA) is 66.8 Å². The van der Waals surface area contributed by atoms with Gasteiger partial charge >= 0.3 is 0 Å². The minimum absolute atomic E-state index is 0.119. The largest absolute Gasteiger partial charge is 0.484 e. The van der Waals surface area contributed by atoms with Gasteiger partial charge in [-0.25, -0.2) is 10.4 Å². The number of benzene rings is 1. The quantitative estimate of drug-likeness (QED) is 0.562. The lowest BCUT2D eigenvalue weighted by molar-refractivity contribution is -0.123. The minimum atomic E-state index is -0.336. The first kappa shape index (κ1) is 19.2. The maximum absolute atomic E-state index is 11.8. The molecule has 6 nitrogen and oxygen atoms in total. The van der Waals surface area contributed by atoms with Gasteiger partial charge in [-0.2, -0.15) is 5.10 Å².